The average Bonchev–Trinajstić information content (AvgIpc) is 3.38. The van der Waals surface area contributed by atoms with Crippen LogP contribution >= 0.6 is 11.3 Å². The van der Waals surface area contributed by atoms with E-state index in [0.29, 0.717) is 19.0 Å². The Hall–Kier alpha value is -2.80. The highest BCUT2D eigenvalue weighted by molar-refractivity contribution is 7.15. The second-order valence-corrected chi connectivity index (χ2v) is 7.81. The van der Waals surface area contributed by atoms with Crippen LogP contribution in [0.5, 0.6) is 5.75 Å². The lowest BCUT2D eigenvalue weighted by atomic mass is 10.1. The first kappa shape index (κ1) is 19.9. The summed E-state index contributed by atoms with van der Waals surface area (Å²) < 4.78 is 10.6. The number of guanidine groups is 1. The molecule has 6 nitrogen and oxygen atoms in total. The molecule has 0 aliphatic rings. The van der Waals surface area contributed by atoms with Gasteiger partial charge in [0, 0.05) is 22.9 Å². The molecule has 0 saturated heterocycles. The van der Waals surface area contributed by atoms with Gasteiger partial charge in [0.1, 0.15) is 5.75 Å². The van der Waals surface area contributed by atoms with Gasteiger partial charge in [-0.3, -0.25) is 4.99 Å². The highest BCUT2D eigenvalue weighted by Crippen LogP contribution is 2.29. The van der Waals surface area contributed by atoms with Gasteiger partial charge in [-0.2, -0.15) is 0 Å². The van der Waals surface area contributed by atoms with Crippen molar-refractivity contribution >= 4 is 17.3 Å². The SMILES string of the molecule is CN=C(NCc1cc(C(C)C)no1)NCc1ccc(-c2ccc(OC)cc2)s1. The van der Waals surface area contributed by atoms with Crippen molar-refractivity contribution in [3.05, 3.63) is 58.8 Å². The number of nitrogens with one attached hydrogen (secondary N) is 2. The molecule has 2 N–H and O–H groups in total. The fraction of sp³-hybridized carbons (Fsp3) is 0.333. The third kappa shape index (κ3) is 5.13. The lowest BCUT2D eigenvalue weighted by molar-refractivity contribution is 0.372. The van der Waals surface area contributed by atoms with Crippen LogP contribution in [-0.4, -0.2) is 25.3 Å². The van der Waals surface area contributed by atoms with Gasteiger partial charge in [-0.05, 0) is 47.9 Å². The molecule has 0 bridgehead atoms. The van der Waals surface area contributed by atoms with Crippen molar-refractivity contribution in [3.63, 3.8) is 0 Å². The van der Waals surface area contributed by atoms with Crippen LogP contribution in [0.1, 0.15) is 36.1 Å². The lowest BCUT2D eigenvalue weighted by Crippen LogP contribution is -2.36. The van der Waals surface area contributed by atoms with Crippen LogP contribution < -0.4 is 15.4 Å². The van der Waals surface area contributed by atoms with Crippen LogP contribution in [0, 0.1) is 0 Å². The standard InChI is InChI=1S/C21H26N4O2S/c1-14(2)19-11-17(27-25-19)12-23-21(22-3)24-13-18-9-10-20(28-18)15-5-7-16(26-4)8-6-15/h5-11,14H,12-13H2,1-4H3,(H2,22,23,24). The van der Waals surface area contributed by atoms with Gasteiger partial charge in [0.25, 0.3) is 0 Å². The number of ether oxygens (including phenoxy) is 1. The van der Waals surface area contributed by atoms with E-state index in [-0.39, 0.29) is 0 Å². The lowest BCUT2D eigenvalue weighted by Gasteiger charge is -2.09. The molecular weight excluding hydrogens is 372 g/mol. The van der Waals surface area contributed by atoms with Crippen LogP contribution in [0.4, 0.5) is 0 Å². The highest BCUT2D eigenvalue weighted by Gasteiger charge is 2.09. The fourth-order valence-electron chi connectivity index (χ4n) is 2.63. The molecule has 3 rings (SSSR count). The summed E-state index contributed by atoms with van der Waals surface area (Å²) in [5.74, 6) is 2.74. The summed E-state index contributed by atoms with van der Waals surface area (Å²) in [5.41, 5.74) is 2.15. The van der Waals surface area contributed by atoms with Gasteiger partial charge in [-0.25, -0.2) is 0 Å². The number of methoxy groups -OCH3 is 1. The highest BCUT2D eigenvalue weighted by atomic mass is 32.1. The molecule has 0 aliphatic heterocycles. The van der Waals surface area contributed by atoms with Gasteiger partial charge in [-0.15, -0.1) is 11.3 Å². The summed E-state index contributed by atoms with van der Waals surface area (Å²) in [7, 11) is 3.43. The quantitative estimate of drug-likeness (QED) is 0.456. The summed E-state index contributed by atoms with van der Waals surface area (Å²) in [5, 5.41) is 10.7. The number of rotatable bonds is 7. The van der Waals surface area contributed by atoms with Crippen LogP contribution in [0.2, 0.25) is 0 Å². The molecule has 2 aromatic heterocycles. The Kier molecular flexibility index (Phi) is 6.71. The van der Waals surface area contributed by atoms with Gasteiger partial charge in [0.05, 0.1) is 25.9 Å². The molecule has 0 atom stereocenters. The Morgan fingerprint density at radius 3 is 2.54 bits per heavy atom. The van der Waals surface area contributed by atoms with Crippen molar-refractivity contribution in [1.29, 1.82) is 0 Å². The molecule has 0 saturated carbocycles. The van der Waals surface area contributed by atoms with Crippen molar-refractivity contribution < 1.29 is 9.26 Å². The Morgan fingerprint density at radius 2 is 1.89 bits per heavy atom. The molecule has 148 valence electrons. The number of aromatic nitrogens is 1. The molecule has 1 aromatic carbocycles. The van der Waals surface area contributed by atoms with E-state index in [1.165, 1.54) is 15.3 Å². The predicted octanol–water partition coefficient (Wildman–Crippen LogP) is 4.40. The third-order valence-corrected chi connectivity index (χ3v) is 5.42. The van der Waals surface area contributed by atoms with Gasteiger partial charge in [-0.1, -0.05) is 19.0 Å². The van der Waals surface area contributed by atoms with Gasteiger partial charge in [0.2, 0.25) is 0 Å². The Bertz CT molecular complexity index is 913. The Balaban J connectivity index is 1.52. The zero-order chi connectivity index (χ0) is 19.9. The second-order valence-electron chi connectivity index (χ2n) is 6.65. The number of thiophene rings is 1. The smallest absolute Gasteiger partial charge is 0.191 e. The summed E-state index contributed by atoms with van der Waals surface area (Å²) >= 11 is 1.76. The number of hydrogen-bond acceptors (Lipinski definition) is 5. The topological polar surface area (TPSA) is 71.7 Å². The van der Waals surface area contributed by atoms with E-state index in [0.717, 1.165) is 23.2 Å². The minimum Gasteiger partial charge on any atom is -0.497 e. The van der Waals surface area contributed by atoms with Crippen LogP contribution in [0.25, 0.3) is 10.4 Å². The van der Waals surface area contributed by atoms with Gasteiger partial charge < -0.3 is 19.9 Å². The maximum absolute atomic E-state index is 5.35. The van der Waals surface area contributed by atoms with Gasteiger partial charge in [0.15, 0.2) is 11.7 Å². The first-order valence-corrected chi connectivity index (χ1v) is 10.0. The van der Waals surface area contributed by atoms with Crippen LogP contribution in [0.15, 0.2) is 52.0 Å². The van der Waals surface area contributed by atoms with Gasteiger partial charge >= 0.3 is 0 Å². The summed E-state index contributed by atoms with van der Waals surface area (Å²) in [6.45, 7) is 5.43. The minimum atomic E-state index is 0.355. The number of nitrogens with zero attached hydrogens (tertiary/aromatic N) is 2. The number of hydrogen-bond donors (Lipinski definition) is 2. The molecule has 0 unspecified atom stereocenters. The molecule has 28 heavy (non-hydrogen) atoms. The van der Waals surface area contributed by atoms with Crippen LogP contribution in [-0.2, 0) is 13.1 Å². The first-order valence-electron chi connectivity index (χ1n) is 9.22. The van der Waals surface area contributed by atoms with Crippen molar-refractivity contribution in [2.24, 2.45) is 4.99 Å². The minimum absolute atomic E-state index is 0.355. The monoisotopic (exact) mass is 398 g/mol. The molecule has 0 spiro atoms. The van der Waals surface area contributed by atoms with Crippen molar-refractivity contribution in [1.82, 2.24) is 15.8 Å². The molecule has 0 fully saturated rings. The number of benzene rings is 1. The maximum atomic E-state index is 5.35. The Labute approximate surface area is 169 Å². The number of aliphatic imine (C=N–C) groups is 1. The predicted molar refractivity (Wildman–Crippen MR) is 114 cm³/mol. The summed E-state index contributed by atoms with van der Waals surface area (Å²) in [6, 6.07) is 14.4. The molecule has 0 amide bonds. The molecule has 3 aromatic rings. The fourth-order valence-corrected chi connectivity index (χ4v) is 3.58. The molecule has 0 radical (unpaired) electrons. The molecule has 7 heteroatoms. The van der Waals surface area contributed by atoms with Crippen molar-refractivity contribution in [2.75, 3.05) is 14.2 Å². The van der Waals surface area contributed by atoms with Crippen LogP contribution in [0.3, 0.4) is 0 Å². The summed E-state index contributed by atoms with van der Waals surface area (Å²) in [6.07, 6.45) is 0. The van der Waals surface area contributed by atoms with E-state index in [1.54, 1.807) is 25.5 Å². The molecule has 2 heterocycles. The van der Waals surface area contributed by atoms with E-state index in [9.17, 15) is 0 Å². The van der Waals surface area contributed by atoms with E-state index in [4.69, 9.17) is 9.26 Å². The Morgan fingerprint density at radius 1 is 1.14 bits per heavy atom. The van der Waals surface area contributed by atoms with Crippen molar-refractivity contribution in [3.8, 4) is 16.2 Å². The summed E-state index contributed by atoms with van der Waals surface area (Å²) in [4.78, 5) is 6.73. The second kappa shape index (κ2) is 9.41. The first-order chi connectivity index (χ1) is 13.6. The molecule has 0 aliphatic carbocycles. The van der Waals surface area contributed by atoms with E-state index in [2.05, 4.69) is 58.9 Å². The zero-order valence-electron chi connectivity index (χ0n) is 16.7. The molecular formula is C21H26N4O2S. The maximum Gasteiger partial charge on any atom is 0.191 e. The largest absolute Gasteiger partial charge is 0.497 e. The van der Waals surface area contributed by atoms with Crippen molar-refractivity contribution in [2.45, 2.75) is 32.9 Å². The van der Waals surface area contributed by atoms with E-state index in [1.807, 2.05) is 18.2 Å². The van der Waals surface area contributed by atoms with E-state index < -0.39 is 0 Å². The normalized spacial score (nSPS) is 11.7. The average molecular weight is 399 g/mol. The zero-order valence-corrected chi connectivity index (χ0v) is 17.5. The third-order valence-electron chi connectivity index (χ3n) is 4.29. The van der Waals surface area contributed by atoms with E-state index >= 15 is 0 Å².